The number of benzene rings is 1. The fourth-order valence-corrected chi connectivity index (χ4v) is 1.35. The van der Waals surface area contributed by atoms with Crippen LogP contribution >= 0.6 is 0 Å². The summed E-state index contributed by atoms with van der Waals surface area (Å²) in [6, 6.07) is 10.2. The van der Waals surface area contributed by atoms with Gasteiger partial charge in [0.25, 0.3) is 0 Å². The largest absolute Gasteiger partial charge is 0.266 e. The van der Waals surface area contributed by atoms with Gasteiger partial charge >= 0.3 is 0 Å². The van der Waals surface area contributed by atoms with Crippen molar-refractivity contribution < 1.29 is 4.84 Å². The molecule has 0 aliphatic carbocycles. The summed E-state index contributed by atoms with van der Waals surface area (Å²) in [4.78, 5) is 5.36. The summed E-state index contributed by atoms with van der Waals surface area (Å²) in [5.74, 6) is 0. The lowest BCUT2D eigenvalue weighted by atomic mass is 10.1. The van der Waals surface area contributed by atoms with E-state index in [9.17, 15) is 0 Å². The summed E-state index contributed by atoms with van der Waals surface area (Å²) < 4.78 is 0. The van der Waals surface area contributed by atoms with Gasteiger partial charge in [-0.25, -0.2) is 0 Å². The zero-order valence-corrected chi connectivity index (χ0v) is 7.87. The van der Waals surface area contributed by atoms with Crippen LogP contribution in [0.15, 0.2) is 36.4 Å². The maximum absolute atomic E-state index is 5.36. The Kier molecular flexibility index (Phi) is 1.85. The van der Waals surface area contributed by atoms with Crippen LogP contribution in [-0.2, 0) is 4.84 Å². The van der Waals surface area contributed by atoms with Gasteiger partial charge in [0.15, 0.2) is 0 Å². The molecule has 1 aliphatic rings. The van der Waals surface area contributed by atoms with Crippen molar-refractivity contribution in [2.45, 2.75) is 19.4 Å². The smallest absolute Gasteiger partial charge is 0.111 e. The van der Waals surface area contributed by atoms with E-state index >= 15 is 0 Å². The van der Waals surface area contributed by atoms with Crippen molar-refractivity contribution in [2.75, 3.05) is 0 Å². The Balaban J connectivity index is 2.30. The summed E-state index contributed by atoms with van der Waals surface area (Å²) in [6.07, 6.45) is 2.09. The normalized spacial score (nSPS) is 19.4. The molecular weight excluding hydrogens is 162 g/mol. The van der Waals surface area contributed by atoms with E-state index < -0.39 is 0 Å². The number of rotatable bonds is 1. The Morgan fingerprint density at radius 3 is 2.38 bits per heavy atom. The Morgan fingerprint density at radius 1 is 1.15 bits per heavy atom. The third kappa shape index (κ3) is 1.73. The summed E-state index contributed by atoms with van der Waals surface area (Å²) in [6.45, 7) is 4.05. The molecular formula is C11H13NO. The Labute approximate surface area is 78.2 Å². The highest BCUT2D eigenvalue weighted by Crippen LogP contribution is 2.24. The van der Waals surface area contributed by atoms with Gasteiger partial charge in [0.05, 0.1) is 5.70 Å². The van der Waals surface area contributed by atoms with Crippen molar-refractivity contribution in [1.29, 1.82) is 0 Å². The number of hydroxylamine groups is 1. The maximum atomic E-state index is 5.36. The third-order valence-corrected chi connectivity index (χ3v) is 2.00. The SMILES string of the molecule is CC1(C)C=C(c2ccccc2)NO1. The van der Waals surface area contributed by atoms with Crippen LogP contribution in [0.3, 0.4) is 0 Å². The first-order valence-electron chi connectivity index (χ1n) is 4.40. The highest BCUT2D eigenvalue weighted by atomic mass is 16.7. The second-order valence-electron chi connectivity index (χ2n) is 3.73. The Morgan fingerprint density at radius 2 is 1.85 bits per heavy atom. The van der Waals surface area contributed by atoms with Crippen molar-refractivity contribution in [2.24, 2.45) is 0 Å². The summed E-state index contributed by atoms with van der Waals surface area (Å²) in [5.41, 5.74) is 4.93. The first-order valence-corrected chi connectivity index (χ1v) is 4.40. The van der Waals surface area contributed by atoms with Crippen LogP contribution in [0.25, 0.3) is 5.70 Å². The van der Waals surface area contributed by atoms with Crippen molar-refractivity contribution >= 4 is 5.70 Å². The average Bonchev–Trinajstić information content (AvgIpc) is 2.48. The van der Waals surface area contributed by atoms with Gasteiger partial charge in [-0.1, -0.05) is 30.3 Å². The number of hydrogen-bond donors (Lipinski definition) is 1. The van der Waals surface area contributed by atoms with Gasteiger partial charge in [0, 0.05) is 0 Å². The topological polar surface area (TPSA) is 21.3 Å². The summed E-state index contributed by atoms with van der Waals surface area (Å²) >= 11 is 0. The predicted molar refractivity (Wildman–Crippen MR) is 52.7 cm³/mol. The molecule has 0 saturated heterocycles. The first kappa shape index (κ1) is 8.32. The highest BCUT2D eigenvalue weighted by Gasteiger charge is 2.24. The number of nitrogens with one attached hydrogen (secondary N) is 1. The molecule has 0 spiro atoms. The second kappa shape index (κ2) is 2.89. The molecule has 0 fully saturated rings. The molecule has 0 unspecified atom stereocenters. The van der Waals surface area contributed by atoms with Crippen LogP contribution in [-0.4, -0.2) is 5.60 Å². The van der Waals surface area contributed by atoms with Gasteiger partial charge in [-0.05, 0) is 25.5 Å². The summed E-state index contributed by atoms with van der Waals surface area (Å²) in [7, 11) is 0. The van der Waals surface area contributed by atoms with Crippen LogP contribution in [0.4, 0.5) is 0 Å². The molecule has 2 heteroatoms. The van der Waals surface area contributed by atoms with Crippen LogP contribution in [0.1, 0.15) is 19.4 Å². The molecule has 2 nitrogen and oxygen atoms in total. The van der Waals surface area contributed by atoms with Crippen LogP contribution < -0.4 is 5.48 Å². The van der Waals surface area contributed by atoms with E-state index in [-0.39, 0.29) is 5.60 Å². The molecule has 1 N–H and O–H groups in total. The lowest BCUT2D eigenvalue weighted by Gasteiger charge is -2.11. The van der Waals surface area contributed by atoms with Gasteiger partial charge in [0.1, 0.15) is 5.60 Å². The molecule has 2 rings (SSSR count). The molecule has 0 atom stereocenters. The molecule has 0 aromatic heterocycles. The van der Waals surface area contributed by atoms with E-state index in [4.69, 9.17) is 4.84 Å². The van der Waals surface area contributed by atoms with Crippen molar-refractivity contribution in [3.63, 3.8) is 0 Å². The van der Waals surface area contributed by atoms with E-state index in [1.54, 1.807) is 0 Å². The Hall–Kier alpha value is -1.28. The minimum atomic E-state index is -0.203. The Bertz CT molecular complexity index is 327. The standard InChI is InChI=1S/C11H13NO/c1-11(2)8-10(12-13-11)9-6-4-3-5-7-9/h3-8,12H,1-2H3. The zero-order valence-electron chi connectivity index (χ0n) is 7.87. The summed E-state index contributed by atoms with van der Waals surface area (Å²) in [5, 5.41) is 0. The van der Waals surface area contributed by atoms with Crippen molar-refractivity contribution in [3.05, 3.63) is 42.0 Å². The minimum absolute atomic E-state index is 0.203. The molecule has 0 saturated carbocycles. The third-order valence-electron chi connectivity index (χ3n) is 2.00. The molecule has 1 aromatic rings. The second-order valence-corrected chi connectivity index (χ2v) is 3.73. The fourth-order valence-electron chi connectivity index (χ4n) is 1.35. The maximum Gasteiger partial charge on any atom is 0.111 e. The monoisotopic (exact) mass is 175 g/mol. The first-order chi connectivity index (χ1) is 6.17. The van der Waals surface area contributed by atoms with Gasteiger partial charge in [-0.15, -0.1) is 0 Å². The van der Waals surface area contributed by atoms with Crippen LogP contribution in [0.5, 0.6) is 0 Å². The van der Waals surface area contributed by atoms with Crippen molar-refractivity contribution in [1.82, 2.24) is 5.48 Å². The lowest BCUT2D eigenvalue weighted by Crippen LogP contribution is -2.20. The zero-order chi connectivity index (χ0) is 9.31. The quantitative estimate of drug-likeness (QED) is 0.707. The average molecular weight is 175 g/mol. The van der Waals surface area contributed by atoms with Crippen molar-refractivity contribution in [3.8, 4) is 0 Å². The van der Waals surface area contributed by atoms with Crippen LogP contribution in [0.2, 0.25) is 0 Å². The molecule has 1 heterocycles. The molecule has 0 bridgehead atoms. The molecule has 13 heavy (non-hydrogen) atoms. The molecule has 1 aromatic carbocycles. The van der Waals surface area contributed by atoms with E-state index in [1.807, 2.05) is 32.0 Å². The molecule has 0 radical (unpaired) electrons. The van der Waals surface area contributed by atoms with Crippen LogP contribution in [0, 0.1) is 0 Å². The van der Waals surface area contributed by atoms with Gasteiger partial charge < -0.3 is 0 Å². The molecule has 68 valence electrons. The molecule has 1 aliphatic heterocycles. The van der Waals surface area contributed by atoms with Gasteiger partial charge in [0.2, 0.25) is 0 Å². The van der Waals surface area contributed by atoms with E-state index in [0.29, 0.717) is 0 Å². The van der Waals surface area contributed by atoms with Gasteiger partial charge in [-0.2, -0.15) is 0 Å². The lowest BCUT2D eigenvalue weighted by molar-refractivity contribution is -0.00839. The predicted octanol–water partition coefficient (Wildman–Crippen LogP) is 2.34. The molecule has 0 amide bonds. The fraction of sp³-hybridized carbons (Fsp3) is 0.273. The van der Waals surface area contributed by atoms with E-state index in [0.717, 1.165) is 11.3 Å². The van der Waals surface area contributed by atoms with E-state index in [2.05, 4.69) is 23.7 Å². The number of hydrogen-bond acceptors (Lipinski definition) is 2. The highest BCUT2D eigenvalue weighted by molar-refractivity contribution is 5.65. The minimum Gasteiger partial charge on any atom is -0.266 e. The van der Waals surface area contributed by atoms with E-state index in [1.165, 1.54) is 0 Å². The van der Waals surface area contributed by atoms with Gasteiger partial charge in [-0.3, -0.25) is 10.3 Å².